The molecule has 7 aromatic carbocycles. The fourth-order valence-corrected chi connectivity index (χ4v) is 14.8. The van der Waals surface area contributed by atoms with E-state index in [2.05, 4.69) is 182 Å². The normalized spacial score (nSPS) is 19.2. The summed E-state index contributed by atoms with van der Waals surface area (Å²) >= 11 is 0. The van der Waals surface area contributed by atoms with Gasteiger partial charge in [-0.25, -0.2) is 0 Å². The van der Waals surface area contributed by atoms with Crippen molar-refractivity contribution in [3.8, 4) is 33.4 Å². The Hall–Kier alpha value is -8.13. The lowest BCUT2D eigenvalue weighted by atomic mass is 9.76. The van der Waals surface area contributed by atoms with Gasteiger partial charge in [-0.3, -0.25) is 0 Å². The van der Waals surface area contributed by atoms with E-state index in [4.69, 9.17) is 0 Å². The summed E-state index contributed by atoms with van der Waals surface area (Å²) in [5, 5.41) is 36.6. The average Bonchev–Trinajstić information content (AvgIpc) is 4.41. The zero-order valence-electron chi connectivity index (χ0n) is 45.0. The van der Waals surface area contributed by atoms with E-state index in [9.17, 15) is 15.3 Å². The molecule has 0 amide bonds. The van der Waals surface area contributed by atoms with Crippen molar-refractivity contribution < 1.29 is 37.8 Å². The summed E-state index contributed by atoms with van der Waals surface area (Å²) in [4.78, 5) is 0. The molecule has 7 aromatic rings. The molecule has 0 spiro atoms. The molecule has 0 aromatic heterocycles. The van der Waals surface area contributed by atoms with Crippen molar-refractivity contribution in [2.75, 3.05) is 0 Å². The minimum atomic E-state index is -1.09. The third kappa shape index (κ3) is 7.97. The molecule has 16 rings (SSSR count). The highest BCUT2D eigenvalue weighted by molar-refractivity contribution is 6.07. The number of allylic oxidation sites excluding steroid dienone is 19. The maximum Gasteiger partial charge on any atom is 0.138 e. The molecule has 5 heteroatoms. The third-order valence-corrected chi connectivity index (χ3v) is 18.6. The molecule has 4 nitrogen and oxygen atoms in total. The lowest BCUT2D eigenvalue weighted by Crippen LogP contribution is -3.00. The Morgan fingerprint density at radius 1 is 0.296 bits per heavy atom. The van der Waals surface area contributed by atoms with Gasteiger partial charge in [0.05, 0.1) is 11.1 Å². The molecule has 0 aliphatic heterocycles. The molecule has 9 aliphatic carbocycles. The molecule has 0 unspecified atom stereocenters. The van der Waals surface area contributed by atoms with Crippen molar-refractivity contribution in [3.63, 3.8) is 0 Å². The van der Waals surface area contributed by atoms with Crippen LogP contribution < -0.4 is 17.0 Å². The van der Waals surface area contributed by atoms with Crippen molar-refractivity contribution in [2.24, 2.45) is 0 Å². The van der Waals surface area contributed by atoms with Crippen molar-refractivity contribution in [1.29, 1.82) is 0 Å². The van der Waals surface area contributed by atoms with Gasteiger partial charge in [0.15, 0.2) is 0 Å². The Morgan fingerprint density at radius 3 is 0.877 bits per heavy atom. The maximum absolute atomic E-state index is 12.2. The van der Waals surface area contributed by atoms with E-state index in [-0.39, 0.29) is 22.5 Å². The molecule has 0 atom stereocenters. The summed E-state index contributed by atoms with van der Waals surface area (Å²) in [6.07, 6.45) is 34.0. The Morgan fingerprint density at radius 2 is 0.568 bits per heavy atom. The monoisotopic (exact) mass is 1120 g/mol. The van der Waals surface area contributed by atoms with Crippen LogP contribution in [0.3, 0.4) is 0 Å². The van der Waals surface area contributed by atoms with E-state index in [0.717, 1.165) is 135 Å². The Bertz CT molecular complexity index is 3880. The van der Waals surface area contributed by atoms with Gasteiger partial charge < -0.3 is 37.8 Å². The van der Waals surface area contributed by atoms with Crippen LogP contribution in [0.25, 0.3) is 44.5 Å². The predicted octanol–water partition coefficient (Wildman–Crippen LogP) is 13.1. The van der Waals surface area contributed by atoms with E-state index in [1.54, 1.807) is 0 Å². The zero-order valence-corrected chi connectivity index (χ0v) is 46.6. The molecule has 0 heterocycles. The Labute approximate surface area is 485 Å². The van der Waals surface area contributed by atoms with Gasteiger partial charge in [0, 0.05) is 74.7 Å². The largest absolute Gasteiger partial charge is 1.00 e. The minimum absolute atomic E-state index is 0. The first-order chi connectivity index (χ1) is 38.8. The lowest BCUT2D eigenvalue weighted by Gasteiger charge is -2.33. The number of halogens is 1. The van der Waals surface area contributed by atoms with Gasteiger partial charge in [-0.05, 0) is 142 Å². The van der Waals surface area contributed by atoms with Gasteiger partial charge in [-0.1, -0.05) is 200 Å². The molecular weight excluding hydrogens is 1060 g/mol. The number of hydrogen-bond acceptors (Lipinski definition) is 3. The molecule has 396 valence electrons. The SMILES string of the molecule is O.OC1(C2=CC=C(C3=CC=C(C4(O)c5ccccc5-c5ccccc54)CC3)CC2)c2ccccc2-c2ccccc21.OC1(C2=CC=C(C3=CC=C(C4=C5[CH+]C=CC=C5c5ccccc54)CC3)CC2)c2ccccc2-c2ccccc21.[Br-]. The van der Waals surface area contributed by atoms with Crippen molar-refractivity contribution >= 4 is 11.1 Å². The van der Waals surface area contributed by atoms with E-state index in [1.165, 1.54) is 55.7 Å². The second kappa shape index (κ2) is 20.4. The van der Waals surface area contributed by atoms with E-state index in [0.29, 0.717) is 0 Å². The quantitative estimate of drug-likeness (QED) is 0.145. The smallest absolute Gasteiger partial charge is 0.138 e. The van der Waals surface area contributed by atoms with Gasteiger partial charge in [-0.15, -0.1) is 0 Å². The van der Waals surface area contributed by atoms with Gasteiger partial charge >= 0.3 is 0 Å². The standard InChI is InChI=1S/C38H30O2.C38H29O.BrH.H2O/c39-37(33-13-5-1-9-29(33)30-10-2-6-14-34(30)37)27-21-17-25(18-22-27)26-19-23-28(24-20-26)38(40)35-15-7-3-11-31(35)32-12-4-8-16-36(32)38;39-38(35-15-7-5-11-31(35)32-12-6-8-16-36(32)38)28-23-21-26(22-24-28)25-17-19-27(20-18-25)37-33-13-3-1-9-29(33)30-10-2-4-14-34(30)37;;/h1-17,19,21,23,39-40H,18,20,22,24H2;1-17,19,21,23,39H,18,20,22,24H2;1H;1H2/q;+1;;/p-1. The predicted molar refractivity (Wildman–Crippen MR) is 325 cm³/mol. The average molecular weight is 1120 g/mol. The van der Waals surface area contributed by atoms with Crippen LogP contribution in [0.1, 0.15) is 95.9 Å². The molecule has 0 saturated heterocycles. The fourth-order valence-electron chi connectivity index (χ4n) is 14.8. The highest BCUT2D eigenvalue weighted by atomic mass is 79.9. The Balaban J connectivity index is 0.000000149. The third-order valence-electron chi connectivity index (χ3n) is 18.6. The van der Waals surface area contributed by atoms with E-state index >= 15 is 0 Å². The van der Waals surface area contributed by atoms with Crippen LogP contribution in [0.4, 0.5) is 0 Å². The molecule has 0 saturated carbocycles. The summed E-state index contributed by atoms with van der Waals surface area (Å²) in [6, 6.07) is 58.4. The van der Waals surface area contributed by atoms with E-state index < -0.39 is 16.8 Å². The topological polar surface area (TPSA) is 92.2 Å². The molecule has 9 aliphatic rings. The molecule has 0 fully saturated rings. The zero-order chi connectivity index (χ0) is 52.9. The van der Waals surface area contributed by atoms with E-state index in [1.807, 2.05) is 60.7 Å². The highest BCUT2D eigenvalue weighted by Gasteiger charge is 2.47. The minimum Gasteiger partial charge on any atom is -1.00 e. The number of rotatable bonds is 6. The highest BCUT2D eigenvalue weighted by Crippen LogP contribution is 2.57. The van der Waals surface area contributed by atoms with Crippen LogP contribution in [0.2, 0.25) is 0 Å². The first-order valence-corrected chi connectivity index (χ1v) is 28.3. The maximum atomic E-state index is 12.2. The van der Waals surface area contributed by atoms with Gasteiger partial charge in [0.2, 0.25) is 0 Å². The van der Waals surface area contributed by atoms with Crippen LogP contribution in [0.5, 0.6) is 0 Å². The molecular formula is C76H61BrO4. The summed E-state index contributed by atoms with van der Waals surface area (Å²) in [6.45, 7) is 0. The first-order valence-electron chi connectivity index (χ1n) is 28.3. The summed E-state index contributed by atoms with van der Waals surface area (Å²) in [7, 11) is 0. The van der Waals surface area contributed by atoms with Crippen LogP contribution in [-0.2, 0) is 16.8 Å². The summed E-state index contributed by atoms with van der Waals surface area (Å²) in [5.41, 5.74) is 26.4. The van der Waals surface area contributed by atoms with Crippen molar-refractivity contribution in [1.82, 2.24) is 0 Å². The van der Waals surface area contributed by atoms with Crippen molar-refractivity contribution in [2.45, 2.75) is 68.2 Å². The van der Waals surface area contributed by atoms with Crippen molar-refractivity contribution in [3.05, 3.63) is 338 Å². The van der Waals surface area contributed by atoms with Crippen LogP contribution in [0, 0.1) is 6.42 Å². The van der Waals surface area contributed by atoms with Crippen LogP contribution in [0.15, 0.2) is 287 Å². The van der Waals surface area contributed by atoms with Gasteiger partial charge in [-0.2, -0.15) is 0 Å². The number of aliphatic hydroxyl groups is 3. The van der Waals surface area contributed by atoms with Crippen LogP contribution in [-0.4, -0.2) is 20.8 Å². The molecule has 0 radical (unpaired) electrons. The fraction of sp³-hybridized carbons (Fsp3) is 0.145. The Kier molecular flexibility index (Phi) is 13.2. The second-order valence-corrected chi connectivity index (χ2v) is 22.4. The van der Waals surface area contributed by atoms with Gasteiger partial charge in [0.25, 0.3) is 0 Å². The number of hydrogen-bond donors (Lipinski definition) is 3. The summed E-state index contributed by atoms with van der Waals surface area (Å²) < 4.78 is 0. The number of benzene rings is 7. The second-order valence-electron chi connectivity index (χ2n) is 22.4. The lowest BCUT2D eigenvalue weighted by molar-refractivity contribution is -0.0000235. The first kappa shape index (κ1) is 52.3. The summed E-state index contributed by atoms with van der Waals surface area (Å²) in [5.74, 6) is 0. The van der Waals surface area contributed by atoms with Gasteiger partial charge in [0.1, 0.15) is 22.4 Å². The molecule has 81 heavy (non-hydrogen) atoms. The molecule has 0 bridgehead atoms. The number of fused-ring (bicyclic) bond motifs is 12. The molecule has 5 N–H and O–H groups in total. The van der Waals surface area contributed by atoms with Crippen LogP contribution >= 0.6 is 0 Å².